The van der Waals surface area contributed by atoms with Crippen molar-refractivity contribution < 1.29 is 13.5 Å². The molecule has 0 amide bonds. The van der Waals surface area contributed by atoms with E-state index in [-0.39, 0.29) is 11.5 Å². The predicted octanol–water partition coefficient (Wildman–Crippen LogP) is 0.986. The van der Waals surface area contributed by atoms with Crippen molar-refractivity contribution in [1.82, 2.24) is 0 Å². The smallest absolute Gasteiger partial charge is 0.155 e. The van der Waals surface area contributed by atoms with E-state index in [4.69, 9.17) is 11.6 Å². The summed E-state index contributed by atoms with van der Waals surface area (Å²) in [5, 5.41) is 14.0. The fourth-order valence-electron chi connectivity index (χ4n) is 1.94. The molecule has 0 spiro atoms. The number of anilines is 1. The highest BCUT2D eigenvalue weighted by atomic mass is 35.5. The molecule has 6 nitrogen and oxygen atoms in total. The molecule has 1 aromatic carbocycles. The van der Waals surface area contributed by atoms with Crippen LogP contribution in [0.15, 0.2) is 29.6 Å². The molecule has 1 saturated heterocycles. The highest BCUT2D eigenvalue weighted by Crippen LogP contribution is 2.26. The molecule has 2 rings (SSSR count). The summed E-state index contributed by atoms with van der Waals surface area (Å²) in [6, 6.07) is 5.35. The molecule has 1 fully saturated rings. The molecule has 98 valence electrons. The van der Waals surface area contributed by atoms with E-state index in [2.05, 4.69) is 5.29 Å². The van der Waals surface area contributed by atoms with Crippen LogP contribution in [0, 0.1) is 4.91 Å². The molecule has 1 aliphatic heterocycles. The highest BCUT2D eigenvalue weighted by molar-refractivity contribution is 7.91. The molecule has 1 N–H and O–H groups in total. The second-order valence-electron chi connectivity index (χ2n) is 4.11. The van der Waals surface area contributed by atoms with Crippen molar-refractivity contribution in [3.8, 4) is 0 Å². The van der Waals surface area contributed by atoms with Crippen molar-refractivity contribution in [2.45, 2.75) is 12.1 Å². The third-order valence-corrected chi connectivity index (χ3v) is 4.74. The number of aliphatic hydroxyl groups is 1. The average Bonchev–Trinajstić information content (AvgIpc) is 2.56. The Hall–Kier alpha value is -1.18. The van der Waals surface area contributed by atoms with Gasteiger partial charge >= 0.3 is 0 Å². The lowest BCUT2D eigenvalue weighted by molar-refractivity contribution is 0.178. The summed E-state index contributed by atoms with van der Waals surface area (Å²) in [5.41, 5.74) is 0.399. The van der Waals surface area contributed by atoms with Gasteiger partial charge in [-0.1, -0.05) is 11.6 Å². The largest absolute Gasteiger partial charge is 0.390 e. The van der Waals surface area contributed by atoms with Crippen molar-refractivity contribution in [2.75, 3.05) is 16.5 Å². The molecular weight excluding hydrogens is 280 g/mol. The monoisotopic (exact) mass is 290 g/mol. The Morgan fingerprint density at radius 2 is 1.89 bits per heavy atom. The fraction of sp³-hybridized carbons (Fsp3) is 0.400. The van der Waals surface area contributed by atoms with E-state index in [1.165, 1.54) is 0 Å². The van der Waals surface area contributed by atoms with Crippen molar-refractivity contribution >= 4 is 27.1 Å². The van der Waals surface area contributed by atoms with Gasteiger partial charge in [0.15, 0.2) is 9.84 Å². The zero-order chi connectivity index (χ0) is 13.3. The second-order valence-corrected chi connectivity index (χ2v) is 6.70. The van der Waals surface area contributed by atoms with E-state index in [0.29, 0.717) is 10.7 Å². The number of hydrogen-bond acceptors (Lipinski definition) is 5. The SMILES string of the molecule is O=NN(c1ccc(Cl)cc1)C1CS(=O)(=O)CC1O. The average molecular weight is 291 g/mol. The minimum absolute atomic E-state index is 0.289. The summed E-state index contributed by atoms with van der Waals surface area (Å²) in [5.74, 6) is -0.639. The number of nitroso groups, excluding NO2 is 1. The molecule has 1 heterocycles. The third-order valence-electron chi connectivity index (χ3n) is 2.79. The molecular formula is C10H11ClN2O4S. The van der Waals surface area contributed by atoms with E-state index in [9.17, 15) is 18.4 Å². The minimum Gasteiger partial charge on any atom is -0.390 e. The van der Waals surface area contributed by atoms with Crippen LogP contribution in [0.3, 0.4) is 0 Å². The molecule has 1 aliphatic rings. The number of aliphatic hydroxyl groups excluding tert-OH is 1. The maximum absolute atomic E-state index is 11.4. The van der Waals surface area contributed by atoms with Crippen LogP contribution in [-0.4, -0.2) is 37.2 Å². The van der Waals surface area contributed by atoms with Crippen LogP contribution < -0.4 is 5.01 Å². The number of benzene rings is 1. The lowest BCUT2D eigenvalue weighted by Crippen LogP contribution is -2.39. The van der Waals surface area contributed by atoms with E-state index in [0.717, 1.165) is 5.01 Å². The normalized spacial score (nSPS) is 25.9. The quantitative estimate of drug-likeness (QED) is 0.662. The van der Waals surface area contributed by atoms with Gasteiger partial charge in [0.25, 0.3) is 0 Å². The Morgan fingerprint density at radius 1 is 1.28 bits per heavy atom. The van der Waals surface area contributed by atoms with Gasteiger partial charge in [0, 0.05) is 5.02 Å². The second kappa shape index (κ2) is 4.83. The Morgan fingerprint density at radius 3 is 2.33 bits per heavy atom. The lowest BCUT2D eigenvalue weighted by Gasteiger charge is -2.23. The molecule has 1 aromatic rings. The number of hydrogen-bond donors (Lipinski definition) is 1. The van der Waals surface area contributed by atoms with E-state index in [1.54, 1.807) is 24.3 Å². The number of rotatable bonds is 3. The van der Waals surface area contributed by atoms with Crippen LogP contribution >= 0.6 is 11.6 Å². The molecule has 2 atom stereocenters. The van der Waals surface area contributed by atoms with Crippen LogP contribution in [0.2, 0.25) is 5.02 Å². The third kappa shape index (κ3) is 2.63. The molecule has 0 saturated carbocycles. The first-order valence-electron chi connectivity index (χ1n) is 5.19. The summed E-state index contributed by atoms with van der Waals surface area (Å²) in [4.78, 5) is 10.9. The number of nitrogens with zero attached hydrogens (tertiary/aromatic N) is 2. The first-order valence-corrected chi connectivity index (χ1v) is 7.39. The predicted molar refractivity (Wildman–Crippen MR) is 68.2 cm³/mol. The van der Waals surface area contributed by atoms with Crippen LogP contribution in [0.4, 0.5) is 5.69 Å². The molecule has 0 radical (unpaired) electrons. The number of halogens is 1. The van der Waals surface area contributed by atoms with Crippen molar-refractivity contribution in [3.63, 3.8) is 0 Å². The first-order chi connectivity index (χ1) is 8.43. The van der Waals surface area contributed by atoms with Gasteiger partial charge in [-0.05, 0) is 24.3 Å². The van der Waals surface area contributed by atoms with Crippen molar-refractivity contribution in [1.29, 1.82) is 0 Å². The van der Waals surface area contributed by atoms with Crippen LogP contribution in [0.25, 0.3) is 0 Å². The first kappa shape index (κ1) is 13.3. The fourth-order valence-corrected chi connectivity index (χ4v) is 3.83. The van der Waals surface area contributed by atoms with E-state index >= 15 is 0 Å². The summed E-state index contributed by atoms with van der Waals surface area (Å²) < 4.78 is 22.8. The van der Waals surface area contributed by atoms with E-state index in [1.807, 2.05) is 0 Å². The summed E-state index contributed by atoms with van der Waals surface area (Å²) in [7, 11) is -3.33. The van der Waals surface area contributed by atoms with Gasteiger partial charge in [-0.3, -0.25) is 0 Å². The maximum Gasteiger partial charge on any atom is 0.155 e. The van der Waals surface area contributed by atoms with Gasteiger partial charge in [-0.25, -0.2) is 13.4 Å². The van der Waals surface area contributed by atoms with Gasteiger partial charge in [-0.15, -0.1) is 4.91 Å². The zero-order valence-corrected chi connectivity index (χ0v) is 10.8. The van der Waals surface area contributed by atoms with Gasteiger partial charge in [-0.2, -0.15) is 0 Å². The molecule has 2 unspecified atom stereocenters. The summed E-state index contributed by atoms with van der Waals surface area (Å²) in [6.07, 6.45) is -1.12. The molecule has 0 bridgehead atoms. The van der Waals surface area contributed by atoms with Gasteiger partial charge < -0.3 is 5.11 Å². The highest BCUT2D eigenvalue weighted by Gasteiger charge is 2.41. The van der Waals surface area contributed by atoms with Gasteiger partial charge in [0.2, 0.25) is 0 Å². The van der Waals surface area contributed by atoms with Crippen molar-refractivity contribution in [3.05, 3.63) is 34.2 Å². The summed E-state index contributed by atoms with van der Waals surface area (Å²) in [6.45, 7) is 0. The standard InChI is InChI=1S/C10H11ClN2O4S/c11-7-1-3-8(4-2-7)13(12-15)9-5-18(16,17)6-10(9)14/h1-4,9-10,14H,5-6H2. The Bertz CT molecular complexity index is 546. The molecule has 0 aliphatic carbocycles. The van der Waals surface area contributed by atoms with Crippen LogP contribution in [-0.2, 0) is 9.84 Å². The molecule has 0 aromatic heterocycles. The molecule has 18 heavy (non-hydrogen) atoms. The zero-order valence-electron chi connectivity index (χ0n) is 9.23. The minimum atomic E-state index is -3.33. The Balaban J connectivity index is 2.29. The van der Waals surface area contributed by atoms with E-state index < -0.39 is 22.0 Å². The van der Waals surface area contributed by atoms with Crippen LogP contribution in [0.5, 0.6) is 0 Å². The topological polar surface area (TPSA) is 87.0 Å². The van der Waals surface area contributed by atoms with Crippen molar-refractivity contribution in [2.24, 2.45) is 5.29 Å². The Labute approximate surface area is 109 Å². The summed E-state index contributed by atoms with van der Waals surface area (Å²) >= 11 is 5.72. The maximum atomic E-state index is 11.4. The molecule has 8 heteroatoms. The number of sulfone groups is 1. The Kier molecular flexibility index (Phi) is 3.56. The van der Waals surface area contributed by atoms with Crippen LogP contribution in [0.1, 0.15) is 0 Å². The van der Waals surface area contributed by atoms with Gasteiger partial charge in [0.05, 0.1) is 34.6 Å². The lowest BCUT2D eigenvalue weighted by atomic mass is 10.2. The van der Waals surface area contributed by atoms with Gasteiger partial charge in [0.1, 0.15) is 0 Å².